The zero-order chi connectivity index (χ0) is 16.9. The summed E-state index contributed by atoms with van der Waals surface area (Å²) in [7, 11) is 6.18. The van der Waals surface area contributed by atoms with E-state index in [1.165, 1.54) is 12.8 Å². The molecule has 6 nitrogen and oxygen atoms in total. The Morgan fingerprint density at radius 1 is 1.25 bits per heavy atom. The Morgan fingerprint density at radius 2 is 1.88 bits per heavy atom. The van der Waals surface area contributed by atoms with Crippen LogP contribution in [0, 0.1) is 5.92 Å². The van der Waals surface area contributed by atoms with Gasteiger partial charge in [0.1, 0.15) is 0 Å². The van der Waals surface area contributed by atoms with Crippen LogP contribution in [0.3, 0.4) is 0 Å². The summed E-state index contributed by atoms with van der Waals surface area (Å²) in [6.45, 7) is 10.1. The van der Waals surface area contributed by atoms with Crippen molar-refractivity contribution in [1.29, 1.82) is 0 Å². The number of aliphatic imine (C=N–C) groups is 1. The molecular formula is C17H36IN5O. The van der Waals surface area contributed by atoms with E-state index in [0.29, 0.717) is 6.04 Å². The van der Waals surface area contributed by atoms with Crippen LogP contribution in [0.5, 0.6) is 0 Å². The molecule has 0 aromatic carbocycles. The van der Waals surface area contributed by atoms with Gasteiger partial charge in [-0.15, -0.1) is 24.0 Å². The molecule has 1 saturated carbocycles. The largest absolute Gasteiger partial charge is 0.379 e. The van der Waals surface area contributed by atoms with Crippen molar-refractivity contribution in [3.05, 3.63) is 0 Å². The minimum absolute atomic E-state index is 0. The summed E-state index contributed by atoms with van der Waals surface area (Å²) < 4.78 is 5.45. The van der Waals surface area contributed by atoms with Crippen LogP contribution in [0.25, 0.3) is 0 Å². The number of halogens is 1. The number of nitrogens with one attached hydrogen (secondary N) is 2. The van der Waals surface area contributed by atoms with Crippen LogP contribution in [0.15, 0.2) is 4.99 Å². The smallest absolute Gasteiger partial charge is 0.191 e. The van der Waals surface area contributed by atoms with Gasteiger partial charge in [-0.1, -0.05) is 0 Å². The van der Waals surface area contributed by atoms with E-state index in [0.717, 1.165) is 51.3 Å². The van der Waals surface area contributed by atoms with Crippen LogP contribution in [-0.2, 0) is 4.74 Å². The maximum atomic E-state index is 5.45. The van der Waals surface area contributed by atoms with Crippen LogP contribution in [-0.4, -0.2) is 87.9 Å². The number of ether oxygens (including phenoxy) is 1. The number of morpholine rings is 1. The molecule has 1 aliphatic carbocycles. The van der Waals surface area contributed by atoms with Crippen molar-refractivity contribution in [3.8, 4) is 0 Å². The fraction of sp³-hybridized carbons (Fsp3) is 0.941. The van der Waals surface area contributed by atoms with E-state index < -0.39 is 0 Å². The van der Waals surface area contributed by atoms with E-state index in [1.54, 1.807) is 0 Å². The van der Waals surface area contributed by atoms with Crippen LogP contribution >= 0.6 is 24.0 Å². The van der Waals surface area contributed by atoms with Gasteiger partial charge in [0.05, 0.1) is 13.2 Å². The average molecular weight is 453 g/mol. The third kappa shape index (κ3) is 6.65. The molecule has 7 heteroatoms. The van der Waals surface area contributed by atoms with Crippen molar-refractivity contribution in [1.82, 2.24) is 20.4 Å². The highest BCUT2D eigenvalue weighted by molar-refractivity contribution is 14.0. The van der Waals surface area contributed by atoms with E-state index in [2.05, 4.69) is 53.4 Å². The Bertz CT molecular complexity index is 390. The summed E-state index contributed by atoms with van der Waals surface area (Å²) in [5, 5.41) is 7.00. The normalized spacial score (nSPS) is 21.3. The van der Waals surface area contributed by atoms with Gasteiger partial charge >= 0.3 is 0 Å². The van der Waals surface area contributed by atoms with Crippen LogP contribution < -0.4 is 10.6 Å². The third-order valence-electron chi connectivity index (χ3n) is 5.09. The van der Waals surface area contributed by atoms with Gasteiger partial charge in [0.15, 0.2) is 5.96 Å². The number of rotatable bonds is 7. The molecule has 2 aliphatic rings. The van der Waals surface area contributed by atoms with Crippen LogP contribution in [0.4, 0.5) is 0 Å². The highest BCUT2D eigenvalue weighted by Crippen LogP contribution is 2.34. The van der Waals surface area contributed by atoms with Crippen molar-refractivity contribution < 1.29 is 4.74 Å². The van der Waals surface area contributed by atoms with Crippen LogP contribution in [0.2, 0.25) is 0 Å². The average Bonchev–Trinajstić information content (AvgIpc) is 3.36. The molecule has 1 atom stereocenters. The lowest BCUT2D eigenvalue weighted by Crippen LogP contribution is -2.57. The molecule has 2 rings (SSSR count). The Hall–Kier alpha value is -0.120. The monoisotopic (exact) mass is 453 g/mol. The molecule has 1 saturated heterocycles. The predicted octanol–water partition coefficient (Wildman–Crippen LogP) is 1.22. The molecular weight excluding hydrogens is 417 g/mol. The molecule has 142 valence electrons. The van der Waals surface area contributed by atoms with E-state index in [4.69, 9.17) is 4.74 Å². The fourth-order valence-electron chi connectivity index (χ4n) is 3.25. The SMILES string of the molecule is CN=C(NCC(C1CC1)N(C)C)NCC(C)(C)N1CCOCC1.I. The lowest BCUT2D eigenvalue weighted by Gasteiger charge is -2.41. The third-order valence-corrected chi connectivity index (χ3v) is 5.09. The Labute approximate surface area is 164 Å². The van der Waals surface area contributed by atoms with Crippen molar-refractivity contribution in [2.45, 2.75) is 38.3 Å². The Morgan fingerprint density at radius 3 is 2.38 bits per heavy atom. The quantitative estimate of drug-likeness (QED) is 0.345. The topological polar surface area (TPSA) is 52.1 Å². The van der Waals surface area contributed by atoms with E-state index in [9.17, 15) is 0 Å². The minimum Gasteiger partial charge on any atom is -0.379 e. The zero-order valence-corrected chi connectivity index (χ0v) is 18.3. The fourth-order valence-corrected chi connectivity index (χ4v) is 3.25. The molecule has 0 bridgehead atoms. The summed E-state index contributed by atoms with van der Waals surface area (Å²) in [6, 6.07) is 0.598. The standard InChI is InChI=1S/C17H35N5O.HI/c1-17(2,22-8-10-23-11-9-22)13-20-16(18-3)19-12-15(21(4)5)14-6-7-14;/h14-15H,6-13H2,1-5H3,(H2,18,19,20);1H. The summed E-state index contributed by atoms with van der Waals surface area (Å²) in [6.07, 6.45) is 2.72. The second kappa shape index (κ2) is 10.1. The Balaban J connectivity index is 0.00000288. The molecule has 0 aromatic rings. The molecule has 1 aliphatic heterocycles. The molecule has 0 aromatic heterocycles. The molecule has 1 unspecified atom stereocenters. The first-order chi connectivity index (χ1) is 10.9. The predicted molar refractivity (Wildman–Crippen MR) is 111 cm³/mol. The minimum atomic E-state index is 0. The first kappa shape index (κ1) is 21.9. The first-order valence-electron chi connectivity index (χ1n) is 8.88. The van der Waals surface area contributed by atoms with Gasteiger partial charge in [0, 0.05) is 44.8 Å². The first-order valence-corrected chi connectivity index (χ1v) is 8.88. The molecule has 24 heavy (non-hydrogen) atoms. The highest BCUT2D eigenvalue weighted by atomic mass is 127. The molecule has 2 N–H and O–H groups in total. The summed E-state index contributed by atoms with van der Waals surface area (Å²) in [5.74, 6) is 1.75. The van der Waals surface area contributed by atoms with Crippen molar-refractivity contribution in [2.75, 3.05) is 60.5 Å². The second-order valence-corrected chi connectivity index (χ2v) is 7.59. The number of nitrogens with zero attached hydrogens (tertiary/aromatic N) is 3. The molecule has 0 amide bonds. The summed E-state index contributed by atoms with van der Waals surface area (Å²) in [4.78, 5) is 9.20. The number of hydrogen-bond donors (Lipinski definition) is 2. The van der Waals surface area contributed by atoms with Gasteiger partial charge in [-0.05, 0) is 46.7 Å². The number of hydrogen-bond acceptors (Lipinski definition) is 4. The van der Waals surface area contributed by atoms with Crippen molar-refractivity contribution in [3.63, 3.8) is 0 Å². The number of likely N-dealkylation sites (N-methyl/N-ethyl adjacent to an activating group) is 1. The molecule has 1 heterocycles. The van der Waals surface area contributed by atoms with Gasteiger partial charge in [0.2, 0.25) is 0 Å². The van der Waals surface area contributed by atoms with Crippen LogP contribution in [0.1, 0.15) is 26.7 Å². The lowest BCUT2D eigenvalue weighted by atomic mass is 10.0. The van der Waals surface area contributed by atoms with Gasteiger partial charge in [-0.25, -0.2) is 0 Å². The van der Waals surface area contributed by atoms with E-state index >= 15 is 0 Å². The summed E-state index contributed by atoms with van der Waals surface area (Å²) in [5.41, 5.74) is 0.0961. The van der Waals surface area contributed by atoms with Crippen molar-refractivity contribution >= 4 is 29.9 Å². The Kier molecular flexibility index (Phi) is 9.25. The maximum Gasteiger partial charge on any atom is 0.191 e. The molecule has 0 radical (unpaired) electrons. The molecule has 2 fully saturated rings. The van der Waals surface area contributed by atoms with E-state index in [-0.39, 0.29) is 29.5 Å². The molecule has 0 spiro atoms. The van der Waals surface area contributed by atoms with E-state index in [1.807, 2.05) is 7.05 Å². The number of guanidine groups is 1. The van der Waals surface area contributed by atoms with Gasteiger partial charge < -0.3 is 20.3 Å². The van der Waals surface area contributed by atoms with Gasteiger partial charge in [-0.3, -0.25) is 9.89 Å². The maximum absolute atomic E-state index is 5.45. The lowest BCUT2D eigenvalue weighted by molar-refractivity contribution is -0.00834. The summed E-state index contributed by atoms with van der Waals surface area (Å²) >= 11 is 0. The zero-order valence-electron chi connectivity index (χ0n) is 16.0. The highest BCUT2D eigenvalue weighted by Gasteiger charge is 2.33. The van der Waals surface area contributed by atoms with Gasteiger partial charge in [0.25, 0.3) is 0 Å². The van der Waals surface area contributed by atoms with Crippen molar-refractivity contribution in [2.24, 2.45) is 10.9 Å². The van der Waals surface area contributed by atoms with Gasteiger partial charge in [-0.2, -0.15) is 0 Å². The second-order valence-electron chi connectivity index (χ2n) is 7.59.